The Morgan fingerprint density at radius 1 is 0.880 bits per heavy atom. The second-order valence-electron chi connectivity index (χ2n) is 10.7. The average Bonchev–Trinajstić information content (AvgIpc) is 3.60. The molecule has 1 aromatic heterocycles. The standard InChI is InChI=1S/C38H36N4O6S2/c1-5-48-29-16-14-25(15-17-29)33-23-49-38(41-33)42-35(43)24(2)50-31-13-9-12-28(22-31)39-37(45)32(40-36(44)26-10-7-6-8-11-26)21-27-20-30(46-3)18-19-34(27)47-4/h6-24H,5H2,1-4H3,(H,39,45)(H,40,44)(H,41,42,43)/b32-21+. The van der Waals surface area contributed by atoms with Gasteiger partial charge in [-0.25, -0.2) is 4.98 Å². The number of carbonyl (C=O) groups is 3. The van der Waals surface area contributed by atoms with Gasteiger partial charge in [0.15, 0.2) is 5.13 Å². The van der Waals surface area contributed by atoms with Gasteiger partial charge >= 0.3 is 0 Å². The Hall–Kier alpha value is -5.59. The van der Waals surface area contributed by atoms with Crippen molar-refractivity contribution in [3.8, 4) is 28.5 Å². The first-order valence-electron chi connectivity index (χ1n) is 15.6. The van der Waals surface area contributed by atoms with Crippen LogP contribution in [0.15, 0.2) is 113 Å². The third kappa shape index (κ3) is 9.52. The fraction of sp³-hybridized carbons (Fsp3) is 0.158. The quantitative estimate of drug-likeness (QED) is 0.0790. The maximum absolute atomic E-state index is 13.7. The average molecular weight is 709 g/mol. The lowest BCUT2D eigenvalue weighted by Crippen LogP contribution is -2.30. The van der Waals surface area contributed by atoms with Gasteiger partial charge in [0.05, 0.1) is 31.8 Å². The fourth-order valence-electron chi connectivity index (χ4n) is 4.71. The van der Waals surface area contributed by atoms with E-state index in [1.54, 1.807) is 73.7 Å². The Balaban J connectivity index is 1.27. The Morgan fingerprint density at radius 3 is 2.36 bits per heavy atom. The minimum atomic E-state index is -0.556. The predicted molar refractivity (Wildman–Crippen MR) is 199 cm³/mol. The topological polar surface area (TPSA) is 128 Å². The van der Waals surface area contributed by atoms with Crippen molar-refractivity contribution in [2.24, 2.45) is 0 Å². The smallest absolute Gasteiger partial charge is 0.272 e. The minimum Gasteiger partial charge on any atom is -0.497 e. The summed E-state index contributed by atoms with van der Waals surface area (Å²) >= 11 is 2.68. The number of thiazole rings is 1. The van der Waals surface area contributed by atoms with Gasteiger partial charge in [-0.2, -0.15) is 0 Å². The van der Waals surface area contributed by atoms with Crippen molar-refractivity contribution in [3.05, 3.63) is 119 Å². The van der Waals surface area contributed by atoms with E-state index in [4.69, 9.17) is 14.2 Å². The molecule has 5 aromatic rings. The zero-order chi connectivity index (χ0) is 35.5. The van der Waals surface area contributed by atoms with Crippen molar-refractivity contribution in [2.45, 2.75) is 24.0 Å². The first-order chi connectivity index (χ1) is 24.3. The first kappa shape index (κ1) is 35.7. The molecule has 0 aliphatic heterocycles. The summed E-state index contributed by atoms with van der Waals surface area (Å²) in [4.78, 5) is 45.2. The second-order valence-corrected chi connectivity index (χ2v) is 13.0. The van der Waals surface area contributed by atoms with Gasteiger partial charge in [-0.3, -0.25) is 14.4 Å². The molecule has 1 atom stereocenters. The Labute approximate surface area is 298 Å². The molecule has 0 aliphatic carbocycles. The van der Waals surface area contributed by atoms with Gasteiger partial charge in [0.2, 0.25) is 5.91 Å². The van der Waals surface area contributed by atoms with Crippen molar-refractivity contribution in [1.82, 2.24) is 10.3 Å². The lowest BCUT2D eigenvalue weighted by molar-refractivity contribution is -0.115. The SMILES string of the molecule is CCOc1ccc(-c2csc(NC(=O)C(C)Sc3cccc(NC(=O)/C(=C\c4cc(OC)ccc4OC)NC(=O)c4ccccc4)c3)n2)cc1. The van der Waals surface area contributed by atoms with Gasteiger partial charge in [0.25, 0.3) is 11.8 Å². The van der Waals surface area contributed by atoms with Crippen LogP contribution in [-0.4, -0.2) is 48.8 Å². The molecule has 3 amide bonds. The summed E-state index contributed by atoms with van der Waals surface area (Å²) in [5.41, 5.74) is 3.07. The fourth-order valence-corrected chi connectivity index (χ4v) is 6.36. The molecule has 0 spiro atoms. The molecule has 0 saturated heterocycles. The molecule has 1 heterocycles. The van der Waals surface area contributed by atoms with Gasteiger partial charge in [-0.05, 0) is 92.7 Å². The highest BCUT2D eigenvalue weighted by Crippen LogP contribution is 2.30. The van der Waals surface area contributed by atoms with Crippen LogP contribution in [0.1, 0.15) is 29.8 Å². The highest BCUT2D eigenvalue weighted by molar-refractivity contribution is 8.00. The summed E-state index contributed by atoms with van der Waals surface area (Å²) in [5, 5.41) is 10.4. The van der Waals surface area contributed by atoms with Gasteiger partial charge in [-0.1, -0.05) is 24.3 Å². The summed E-state index contributed by atoms with van der Waals surface area (Å²) in [6, 6.07) is 28.5. The van der Waals surface area contributed by atoms with Crippen LogP contribution >= 0.6 is 23.1 Å². The number of benzene rings is 4. The van der Waals surface area contributed by atoms with Gasteiger partial charge in [0, 0.05) is 32.7 Å². The zero-order valence-electron chi connectivity index (χ0n) is 27.9. The van der Waals surface area contributed by atoms with Crippen LogP contribution in [0.2, 0.25) is 0 Å². The summed E-state index contributed by atoms with van der Waals surface area (Å²) in [6.07, 6.45) is 1.53. The number of amides is 3. The normalized spacial score (nSPS) is 11.6. The van der Waals surface area contributed by atoms with Crippen LogP contribution in [0, 0.1) is 0 Å². The molecule has 10 nitrogen and oxygen atoms in total. The number of rotatable bonds is 14. The minimum absolute atomic E-state index is 0.00994. The van der Waals surface area contributed by atoms with E-state index in [0.29, 0.717) is 40.1 Å². The maximum Gasteiger partial charge on any atom is 0.272 e. The van der Waals surface area contributed by atoms with Crippen LogP contribution in [0.5, 0.6) is 17.2 Å². The number of ether oxygens (including phenoxy) is 3. The van der Waals surface area contributed by atoms with Gasteiger partial charge in [-0.15, -0.1) is 23.1 Å². The third-order valence-electron chi connectivity index (χ3n) is 7.23. The number of anilines is 2. The Kier molecular flexibility index (Phi) is 12.3. The largest absolute Gasteiger partial charge is 0.497 e. The predicted octanol–water partition coefficient (Wildman–Crippen LogP) is 7.75. The number of hydrogen-bond donors (Lipinski definition) is 3. The van der Waals surface area contributed by atoms with E-state index < -0.39 is 17.1 Å². The molecule has 0 bridgehead atoms. The number of nitrogens with zero attached hydrogens (tertiary/aromatic N) is 1. The summed E-state index contributed by atoms with van der Waals surface area (Å²) in [7, 11) is 3.05. The van der Waals surface area contributed by atoms with E-state index in [-0.39, 0.29) is 11.6 Å². The molecule has 50 heavy (non-hydrogen) atoms. The maximum atomic E-state index is 13.7. The zero-order valence-corrected chi connectivity index (χ0v) is 29.5. The highest BCUT2D eigenvalue weighted by atomic mass is 32.2. The molecule has 0 aliphatic rings. The van der Waals surface area contributed by atoms with Crippen molar-refractivity contribution < 1.29 is 28.6 Å². The number of thioether (sulfide) groups is 1. The van der Waals surface area contributed by atoms with Crippen LogP contribution in [0.3, 0.4) is 0 Å². The molecular weight excluding hydrogens is 673 g/mol. The molecule has 0 radical (unpaired) electrons. The van der Waals surface area contributed by atoms with Crippen molar-refractivity contribution in [2.75, 3.05) is 31.5 Å². The lowest BCUT2D eigenvalue weighted by Gasteiger charge is -2.14. The monoisotopic (exact) mass is 708 g/mol. The number of hydrogen-bond acceptors (Lipinski definition) is 9. The van der Waals surface area contributed by atoms with E-state index in [9.17, 15) is 14.4 Å². The van der Waals surface area contributed by atoms with Crippen molar-refractivity contribution in [3.63, 3.8) is 0 Å². The Morgan fingerprint density at radius 2 is 1.64 bits per heavy atom. The highest BCUT2D eigenvalue weighted by Gasteiger charge is 2.19. The molecule has 4 aromatic carbocycles. The van der Waals surface area contributed by atoms with Crippen LogP contribution in [0.4, 0.5) is 10.8 Å². The first-order valence-corrected chi connectivity index (χ1v) is 17.4. The molecular formula is C38H36N4O6S2. The number of nitrogens with one attached hydrogen (secondary N) is 3. The van der Waals surface area contributed by atoms with Crippen LogP contribution in [-0.2, 0) is 9.59 Å². The second kappa shape index (κ2) is 17.2. The molecule has 5 rings (SSSR count). The van der Waals surface area contributed by atoms with E-state index in [0.717, 1.165) is 21.9 Å². The number of methoxy groups -OCH3 is 2. The van der Waals surface area contributed by atoms with E-state index in [1.165, 1.54) is 43.4 Å². The molecule has 0 saturated carbocycles. The van der Waals surface area contributed by atoms with Crippen molar-refractivity contribution in [1.29, 1.82) is 0 Å². The Bertz CT molecular complexity index is 1980. The summed E-state index contributed by atoms with van der Waals surface area (Å²) < 4.78 is 16.4. The van der Waals surface area contributed by atoms with E-state index >= 15 is 0 Å². The summed E-state index contributed by atoms with van der Waals surface area (Å²) in [6.45, 7) is 4.33. The molecule has 0 fully saturated rings. The number of aromatic nitrogens is 1. The molecule has 256 valence electrons. The summed E-state index contributed by atoms with van der Waals surface area (Å²) in [5.74, 6) is 0.607. The molecule has 1 unspecified atom stereocenters. The molecule has 12 heteroatoms. The molecule has 3 N–H and O–H groups in total. The van der Waals surface area contributed by atoms with Gasteiger partial charge in [0.1, 0.15) is 22.9 Å². The third-order valence-corrected chi connectivity index (χ3v) is 9.09. The lowest BCUT2D eigenvalue weighted by atomic mass is 10.1. The van der Waals surface area contributed by atoms with Crippen LogP contribution in [0.25, 0.3) is 17.3 Å². The van der Waals surface area contributed by atoms with E-state index in [2.05, 4.69) is 20.9 Å². The number of carbonyl (C=O) groups excluding carboxylic acids is 3. The van der Waals surface area contributed by atoms with E-state index in [1.807, 2.05) is 42.6 Å². The van der Waals surface area contributed by atoms with Crippen molar-refractivity contribution >= 4 is 57.7 Å². The van der Waals surface area contributed by atoms with Crippen LogP contribution < -0.4 is 30.2 Å². The van der Waals surface area contributed by atoms with Gasteiger partial charge < -0.3 is 30.2 Å².